The molecule has 1 heterocycles. The first-order valence-corrected chi connectivity index (χ1v) is 7.42. The van der Waals surface area contributed by atoms with Gasteiger partial charge in [0.2, 0.25) is 0 Å². The number of hydrogen-bond donors (Lipinski definition) is 0. The number of esters is 1. The molecular weight excluding hydrogens is 343 g/mol. The van der Waals surface area contributed by atoms with Crippen molar-refractivity contribution in [1.29, 1.82) is 0 Å². The monoisotopic (exact) mass is 359 g/mol. The van der Waals surface area contributed by atoms with Crippen molar-refractivity contribution in [3.63, 3.8) is 0 Å². The molecule has 1 aliphatic rings. The minimum absolute atomic E-state index is 0.0935. The highest BCUT2D eigenvalue weighted by molar-refractivity contribution is 6.05. The number of alkyl halides is 3. The Morgan fingerprint density at radius 2 is 1.76 bits per heavy atom. The third-order valence-electron chi connectivity index (χ3n) is 3.77. The Hall–Kier alpha value is -2.58. The summed E-state index contributed by atoms with van der Waals surface area (Å²) in [6, 6.07) is 6.28. The second-order valence-corrected chi connectivity index (χ2v) is 5.41. The largest absolute Gasteiger partial charge is 0.464 e. The molecule has 0 aliphatic carbocycles. The zero-order chi connectivity index (χ0) is 18.8. The van der Waals surface area contributed by atoms with Crippen LogP contribution in [0.2, 0.25) is 0 Å². The average Bonchev–Trinajstić information content (AvgIpc) is 3.26. The van der Waals surface area contributed by atoms with Gasteiger partial charge in [0.1, 0.15) is 12.6 Å². The molecule has 1 saturated heterocycles. The van der Waals surface area contributed by atoms with Crippen LogP contribution in [0.4, 0.5) is 18.0 Å². The van der Waals surface area contributed by atoms with Crippen LogP contribution in [0.3, 0.4) is 0 Å². The second kappa shape index (κ2) is 6.73. The number of nitrogens with zero attached hydrogens (tertiary/aromatic N) is 1. The number of halogens is 3. The van der Waals surface area contributed by atoms with Crippen LogP contribution in [0, 0.1) is 0 Å². The Morgan fingerprint density at radius 1 is 1.16 bits per heavy atom. The zero-order valence-corrected chi connectivity index (χ0v) is 13.5. The van der Waals surface area contributed by atoms with E-state index in [0.717, 1.165) is 6.92 Å². The fourth-order valence-electron chi connectivity index (χ4n) is 2.66. The van der Waals surface area contributed by atoms with Crippen molar-refractivity contribution in [2.75, 3.05) is 6.61 Å². The van der Waals surface area contributed by atoms with Gasteiger partial charge in [-0.3, -0.25) is 9.69 Å². The molecule has 0 N–H and O–H groups in total. The lowest BCUT2D eigenvalue weighted by atomic mass is 10.0. The van der Waals surface area contributed by atoms with Crippen molar-refractivity contribution < 1.29 is 37.0 Å². The molecule has 136 valence electrons. The molecular formula is C16H16F3NO5. The molecule has 2 atom stereocenters. The Bertz CT molecular complexity index is 676. The molecule has 0 bridgehead atoms. The summed E-state index contributed by atoms with van der Waals surface area (Å²) in [5.74, 6) is -2.68. The van der Waals surface area contributed by atoms with Crippen LogP contribution in [0.5, 0.6) is 0 Å². The predicted octanol–water partition coefficient (Wildman–Crippen LogP) is 2.46. The van der Waals surface area contributed by atoms with Crippen molar-refractivity contribution in [2.45, 2.75) is 38.2 Å². The summed E-state index contributed by atoms with van der Waals surface area (Å²) < 4.78 is 50.0. The second-order valence-electron chi connectivity index (χ2n) is 5.41. The summed E-state index contributed by atoms with van der Waals surface area (Å²) in [4.78, 5) is 35.7. The number of carbonyl (C=O) groups excluding carboxylic acids is 3. The first-order valence-electron chi connectivity index (χ1n) is 7.42. The van der Waals surface area contributed by atoms with Crippen molar-refractivity contribution in [1.82, 2.24) is 4.90 Å². The van der Waals surface area contributed by atoms with Gasteiger partial charge in [0.15, 0.2) is 5.78 Å². The van der Waals surface area contributed by atoms with Gasteiger partial charge in [-0.15, -0.1) is 0 Å². The zero-order valence-electron chi connectivity index (χ0n) is 13.5. The topological polar surface area (TPSA) is 72.7 Å². The molecule has 1 fully saturated rings. The van der Waals surface area contributed by atoms with Crippen LogP contribution < -0.4 is 0 Å². The van der Waals surface area contributed by atoms with Gasteiger partial charge in [-0.1, -0.05) is 30.3 Å². The highest BCUT2D eigenvalue weighted by atomic mass is 19.4. The van der Waals surface area contributed by atoms with Crippen molar-refractivity contribution in [3.05, 3.63) is 35.9 Å². The highest BCUT2D eigenvalue weighted by Crippen LogP contribution is 2.54. The summed E-state index contributed by atoms with van der Waals surface area (Å²) in [5.41, 5.74) is -2.78. The summed E-state index contributed by atoms with van der Waals surface area (Å²) in [6.45, 7) is 1.58. The first-order chi connectivity index (χ1) is 11.7. The van der Waals surface area contributed by atoms with Gasteiger partial charge in [-0.05, 0) is 19.4 Å². The molecule has 1 aromatic carbocycles. The standard InChI is InChI=1S/C16H16F3NO5/c1-3-24-13(22)15(16(17,18)19)12(10(2)21)20(15)14(23)25-9-11-7-5-4-6-8-11/h4-8,12H,3,9H2,1-2H3/t12-,15-,20?/m1/s1. The summed E-state index contributed by atoms with van der Waals surface area (Å²) >= 11 is 0. The molecule has 2 rings (SSSR count). The van der Waals surface area contributed by atoms with Gasteiger partial charge >= 0.3 is 18.2 Å². The molecule has 0 spiro atoms. The Balaban J connectivity index is 2.25. The van der Waals surface area contributed by atoms with E-state index in [-0.39, 0.29) is 18.1 Å². The summed E-state index contributed by atoms with van der Waals surface area (Å²) in [7, 11) is 0. The molecule has 25 heavy (non-hydrogen) atoms. The van der Waals surface area contributed by atoms with Crippen molar-refractivity contribution in [2.24, 2.45) is 0 Å². The van der Waals surface area contributed by atoms with Crippen LogP contribution in [-0.4, -0.2) is 47.1 Å². The van der Waals surface area contributed by atoms with Gasteiger partial charge in [-0.2, -0.15) is 13.2 Å². The van der Waals surface area contributed by atoms with Crippen LogP contribution in [0.25, 0.3) is 0 Å². The number of ether oxygens (including phenoxy) is 2. The van der Waals surface area contributed by atoms with Crippen LogP contribution >= 0.6 is 0 Å². The lowest BCUT2D eigenvalue weighted by Gasteiger charge is -2.18. The molecule has 0 unspecified atom stereocenters. The normalized spacial score (nSPS) is 22.3. The third kappa shape index (κ3) is 3.18. The van der Waals surface area contributed by atoms with Gasteiger partial charge in [0.25, 0.3) is 5.54 Å². The van der Waals surface area contributed by atoms with E-state index in [2.05, 4.69) is 4.74 Å². The fraction of sp³-hybridized carbons (Fsp3) is 0.438. The molecule has 9 heteroatoms. The van der Waals surface area contributed by atoms with Crippen molar-refractivity contribution in [3.8, 4) is 0 Å². The Labute approximate surface area is 141 Å². The molecule has 1 aromatic rings. The van der Waals surface area contributed by atoms with Gasteiger partial charge < -0.3 is 9.47 Å². The number of carbonyl (C=O) groups is 3. The van der Waals surface area contributed by atoms with Crippen molar-refractivity contribution >= 4 is 17.8 Å². The lowest BCUT2D eigenvalue weighted by molar-refractivity contribution is -0.194. The summed E-state index contributed by atoms with van der Waals surface area (Å²) in [6.07, 6.45) is -6.59. The molecule has 1 amide bonds. The van der Waals surface area contributed by atoms with E-state index < -0.39 is 35.6 Å². The van der Waals surface area contributed by atoms with E-state index in [1.165, 1.54) is 6.92 Å². The average molecular weight is 359 g/mol. The Morgan fingerprint density at radius 3 is 2.24 bits per heavy atom. The minimum atomic E-state index is -5.18. The number of hydrogen-bond acceptors (Lipinski definition) is 5. The fourth-order valence-corrected chi connectivity index (χ4v) is 2.66. The number of ketones is 1. The van der Waals surface area contributed by atoms with Crippen LogP contribution in [-0.2, 0) is 25.7 Å². The number of benzene rings is 1. The first kappa shape index (κ1) is 18.8. The van der Waals surface area contributed by atoms with E-state index in [0.29, 0.717) is 5.56 Å². The van der Waals surface area contributed by atoms with Crippen LogP contribution in [0.1, 0.15) is 19.4 Å². The Kier molecular flexibility index (Phi) is 5.05. The number of rotatable bonds is 5. The maximum Gasteiger partial charge on any atom is 0.425 e. The van der Waals surface area contributed by atoms with E-state index in [1.807, 2.05) is 0 Å². The van der Waals surface area contributed by atoms with E-state index in [1.54, 1.807) is 30.3 Å². The molecule has 0 saturated carbocycles. The SMILES string of the molecule is CCOC(=O)[C@@]1(C(F)(F)F)[C@@H](C(C)=O)N1C(=O)OCc1ccccc1. The number of Topliss-reactive ketones (excluding diaryl/α,β-unsaturated/α-hetero) is 1. The highest BCUT2D eigenvalue weighted by Gasteiger charge is 2.87. The predicted molar refractivity (Wildman–Crippen MR) is 78.4 cm³/mol. The smallest absolute Gasteiger partial charge is 0.425 e. The lowest BCUT2D eigenvalue weighted by Crippen LogP contribution is -2.48. The van der Waals surface area contributed by atoms with E-state index in [4.69, 9.17) is 4.74 Å². The molecule has 1 aliphatic heterocycles. The van der Waals surface area contributed by atoms with Gasteiger partial charge in [0.05, 0.1) is 6.61 Å². The quantitative estimate of drug-likeness (QED) is 0.597. The number of amides is 1. The minimum Gasteiger partial charge on any atom is -0.464 e. The van der Waals surface area contributed by atoms with Gasteiger partial charge in [-0.25, -0.2) is 9.59 Å². The van der Waals surface area contributed by atoms with E-state index >= 15 is 0 Å². The third-order valence-corrected chi connectivity index (χ3v) is 3.77. The summed E-state index contributed by atoms with van der Waals surface area (Å²) in [5, 5.41) is 0. The molecule has 0 aromatic heterocycles. The maximum atomic E-state index is 13.6. The maximum absolute atomic E-state index is 13.6. The molecule has 6 nitrogen and oxygen atoms in total. The molecule has 0 radical (unpaired) electrons. The van der Waals surface area contributed by atoms with Gasteiger partial charge in [0, 0.05) is 0 Å². The van der Waals surface area contributed by atoms with Crippen LogP contribution in [0.15, 0.2) is 30.3 Å². The van der Waals surface area contributed by atoms with E-state index in [9.17, 15) is 27.6 Å².